The lowest BCUT2D eigenvalue weighted by Gasteiger charge is -2.13. The quantitative estimate of drug-likeness (QED) is 0.849. The van der Waals surface area contributed by atoms with Crippen LogP contribution in [0, 0.1) is 5.92 Å². The summed E-state index contributed by atoms with van der Waals surface area (Å²) in [6.07, 6.45) is 2.19. The van der Waals surface area contributed by atoms with Crippen LogP contribution in [-0.4, -0.2) is 0 Å². The summed E-state index contributed by atoms with van der Waals surface area (Å²) in [6, 6.07) is 7.94. The van der Waals surface area contributed by atoms with Crippen molar-refractivity contribution < 1.29 is 0 Å². The fourth-order valence-corrected chi connectivity index (χ4v) is 1.62. The molecule has 0 saturated carbocycles. The maximum Gasteiger partial charge on any atom is 0.0409 e. The van der Waals surface area contributed by atoms with Gasteiger partial charge in [0.25, 0.3) is 0 Å². The normalized spacial score (nSPS) is 12.3. The monoisotopic (exact) mass is 247 g/mol. The molecule has 1 aromatic carbocycles. The molecule has 0 radical (unpaired) electrons. The molecule has 1 aromatic rings. The van der Waals surface area contributed by atoms with E-state index in [1.165, 1.54) is 0 Å². The van der Waals surface area contributed by atoms with Crippen molar-refractivity contribution in [3.8, 4) is 0 Å². The van der Waals surface area contributed by atoms with Crippen LogP contribution in [0.15, 0.2) is 24.3 Å². The highest BCUT2D eigenvalue weighted by atomic mass is 35.5. The Morgan fingerprint density at radius 1 is 1.27 bits per heavy atom. The molecule has 0 aromatic heterocycles. The molecule has 0 amide bonds. The maximum atomic E-state index is 6.05. The largest absolute Gasteiger partial charge is 0.324 e. The van der Waals surface area contributed by atoms with Gasteiger partial charge in [-0.05, 0) is 36.5 Å². The van der Waals surface area contributed by atoms with Gasteiger partial charge in [-0.25, -0.2) is 0 Å². The van der Waals surface area contributed by atoms with Gasteiger partial charge in [0.2, 0.25) is 0 Å². The molecule has 0 unspecified atom stereocenters. The van der Waals surface area contributed by atoms with E-state index < -0.39 is 0 Å². The molecule has 0 bridgehead atoms. The lowest BCUT2D eigenvalue weighted by molar-refractivity contribution is 0.507. The summed E-state index contributed by atoms with van der Waals surface area (Å²) >= 11 is 5.90. The Balaban J connectivity index is 0.00000196. The Hall–Kier alpha value is -0.240. The first-order chi connectivity index (χ1) is 6.59. The molecule has 0 heterocycles. The standard InChI is InChI=1S/C12H18ClN.ClH/c1-9(2)6-7-12(14)10-4-3-5-11(13)8-10;/h3-5,8-9,12H,6-7,14H2,1-2H3;1H/t12-;/m1./s1. The van der Waals surface area contributed by atoms with Crippen molar-refractivity contribution in [2.45, 2.75) is 32.7 Å². The van der Waals surface area contributed by atoms with Crippen LogP contribution in [0.3, 0.4) is 0 Å². The Labute approximate surface area is 103 Å². The summed E-state index contributed by atoms with van der Waals surface area (Å²) in [4.78, 5) is 0. The van der Waals surface area contributed by atoms with E-state index in [0.717, 1.165) is 23.4 Å². The zero-order valence-corrected chi connectivity index (χ0v) is 10.8. The topological polar surface area (TPSA) is 26.0 Å². The van der Waals surface area contributed by atoms with Crippen molar-refractivity contribution in [1.29, 1.82) is 0 Å². The highest BCUT2D eigenvalue weighted by molar-refractivity contribution is 6.30. The van der Waals surface area contributed by atoms with E-state index >= 15 is 0 Å². The third-order valence-corrected chi connectivity index (χ3v) is 2.57. The van der Waals surface area contributed by atoms with Crippen LogP contribution in [0.4, 0.5) is 0 Å². The molecule has 0 spiro atoms. The number of benzene rings is 1. The number of halogens is 2. The van der Waals surface area contributed by atoms with Gasteiger partial charge in [-0.2, -0.15) is 0 Å². The van der Waals surface area contributed by atoms with Crippen LogP contribution < -0.4 is 5.73 Å². The minimum absolute atomic E-state index is 0. The van der Waals surface area contributed by atoms with Gasteiger partial charge in [0, 0.05) is 11.1 Å². The molecule has 3 heteroatoms. The average molecular weight is 248 g/mol. The molecule has 1 rings (SSSR count). The van der Waals surface area contributed by atoms with Gasteiger partial charge >= 0.3 is 0 Å². The molecular weight excluding hydrogens is 229 g/mol. The van der Waals surface area contributed by atoms with Gasteiger partial charge < -0.3 is 5.73 Å². The summed E-state index contributed by atoms with van der Waals surface area (Å²) in [5, 5.41) is 0.766. The van der Waals surface area contributed by atoms with E-state index in [9.17, 15) is 0 Å². The highest BCUT2D eigenvalue weighted by Gasteiger charge is 2.06. The molecular formula is C12H19Cl2N. The Kier molecular flexibility index (Phi) is 6.99. The van der Waals surface area contributed by atoms with Crippen molar-refractivity contribution in [1.82, 2.24) is 0 Å². The van der Waals surface area contributed by atoms with Gasteiger partial charge in [0.15, 0.2) is 0 Å². The predicted octanol–water partition coefficient (Wildman–Crippen LogP) is 4.20. The molecule has 2 N–H and O–H groups in total. The number of hydrogen-bond acceptors (Lipinski definition) is 1. The van der Waals surface area contributed by atoms with E-state index in [4.69, 9.17) is 17.3 Å². The van der Waals surface area contributed by atoms with Crippen molar-refractivity contribution >= 4 is 24.0 Å². The molecule has 1 nitrogen and oxygen atoms in total. The van der Waals surface area contributed by atoms with Gasteiger partial charge in [0.1, 0.15) is 0 Å². The first-order valence-corrected chi connectivity index (χ1v) is 5.48. The zero-order valence-electron chi connectivity index (χ0n) is 9.24. The molecule has 0 aliphatic heterocycles. The first kappa shape index (κ1) is 14.8. The minimum Gasteiger partial charge on any atom is -0.324 e. The Morgan fingerprint density at radius 2 is 1.93 bits per heavy atom. The number of rotatable bonds is 4. The van der Waals surface area contributed by atoms with Crippen molar-refractivity contribution in [2.24, 2.45) is 11.7 Å². The second-order valence-electron chi connectivity index (χ2n) is 4.13. The second-order valence-corrected chi connectivity index (χ2v) is 4.57. The first-order valence-electron chi connectivity index (χ1n) is 5.10. The second kappa shape index (κ2) is 7.10. The molecule has 0 fully saturated rings. The van der Waals surface area contributed by atoms with Crippen LogP contribution in [0.2, 0.25) is 5.02 Å². The van der Waals surface area contributed by atoms with Crippen LogP contribution >= 0.6 is 24.0 Å². The van der Waals surface area contributed by atoms with Crippen molar-refractivity contribution in [2.75, 3.05) is 0 Å². The minimum atomic E-state index is 0. The van der Waals surface area contributed by atoms with Crippen molar-refractivity contribution in [3.05, 3.63) is 34.9 Å². The summed E-state index contributed by atoms with van der Waals surface area (Å²) in [7, 11) is 0. The van der Waals surface area contributed by atoms with Gasteiger partial charge in [-0.3, -0.25) is 0 Å². The third kappa shape index (κ3) is 5.41. The van der Waals surface area contributed by atoms with Gasteiger partial charge in [-0.1, -0.05) is 37.6 Å². The molecule has 15 heavy (non-hydrogen) atoms. The number of hydrogen-bond donors (Lipinski definition) is 1. The lowest BCUT2D eigenvalue weighted by Crippen LogP contribution is -2.11. The fraction of sp³-hybridized carbons (Fsp3) is 0.500. The zero-order chi connectivity index (χ0) is 10.6. The molecule has 1 atom stereocenters. The summed E-state index contributed by atoms with van der Waals surface area (Å²) in [5.74, 6) is 0.709. The molecule has 86 valence electrons. The van der Waals surface area contributed by atoms with Crippen LogP contribution in [0.5, 0.6) is 0 Å². The van der Waals surface area contributed by atoms with E-state index in [1.807, 2.05) is 24.3 Å². The third-order valence-electron chi connectivity index (χ3n) is 2.33. The van der Waals surface area contributed by atoms with E-state index in [0.29, 0.717) is 5.92 Å². The maximum absolute atomic E-state index is 6.05. The smallest absolute Gasteiger partial charge is 0.0409 e. The van der Waals surface area contributed by atoms with Crippen molar-refractivity contribution in [3.63, 3.8) is 0 Å². The van der Waals surface area contributed by atoms with E-state index in [-0.39, 0.29) is 18.4 Å². The predicted molar refractivity (Wildman–Crippen MR) is 69.7 cm³/mol. The Morgan fingerprint density at radius 3 is 2.47 bits per heavy atom. The fourth-order valence-electron chi connectivity index (χ4n) is 1.42. The SMILES string of the molecule is CC(C)CC[C@@H](N)c1cccc(Cl)c1.Cl. The van der Waals surface area contributed by atoms with E-state index in [2.05, 4.69) is 13.8 Å². The van der Waals surface area contributed by atoms with Crippen LogP contribution in [0.25, 0.3) is 0 Å². The average Bonchev–Trinajstić information content (AvgIpc) is 2.14. The summed E-state index contributed by atoms with van der Waals surface area (Å²) < 4.78 is 0. The summed E-state index contributed by atoms with van der Waals surface area (Å²) in [6.45, 7) is 4.43. The van der Waals surface area contributed by atoms with E-state index in [1.54, 1.807) is 0 Å². The van der Waals surface area contributed by atoms with Gasteiger partial charge in [0.05, 0.1) is 0 Å². The van der Waals surface area contributed by atoms with Crippen LogP contribution in [0.1, 0.15) is 38.3 Å². The number of nitrogens with two attached hydrogens (primary N) is 1. The molecule has 0 saturated heterocycles. The van der Waals surface area contributed by atoms with Crippen LogP contribution in [-0.2, 0) is 0 Å². The van der Waals surface area contributed by atoms with Gasteiger partial charge in [-0.15, -0.1) is 12.4 Å². The lowest BCUT2D eigenvalue weighted by atomic mass is 9.98. The highest BCUT2D eigenvalue weighted by Crippen LogP contribution is 2.21. The molecule has 0 aliphatic rings. The molecule has 0 aliphatic carbocycles. The summed E-state index contributed by atoms with van der Waals surface area (Å²) in [5.41, 5.74) is 7.19. The Bertz CT molecular complexity index is 287.